The van der Waals surface area contributed by atoms with E-state index in [0.29, 0.717) is 24.1 Å². The smallest absolute Gasteiger partial charge is 0.261 e. The number of aryl methyl sites for hydroxylation is 2. The van der Waals surface area contributed by atoms with Crippen LogP contribution in [0.1, 0.15) is 55.2 Å². The Morgan fingerprint density at radius 3 is 2.32 bits per heavy atom. The van der Waals surface area contributed by atoms with Crippen LogP contribution in [0.15, 0.2) is 42.5 Å². The van der Waals surface area contributed by atoms with Crippen LogP contribution >= 0.6 is 0 Å². The number of Topliss-reactive ketones (excluding diaryl/α,β-unsaturated/α-hetero) is 1. The van der Waals surface area contributed by atoms with Gasteiger partial charge in [-0.25, -0.2) is 0 Å². The summed E-state index contributed by atoms with van der Waals surface area (Å²) in [5.74, 6) is -0.362. The summed E-state index contributed by atoms with van der Waals surface area (Å²) in [5, 5.41) is 1.12. The Morgan fingerprint density at radius 2 is 1.61 bits per heavy atom. The van der Waals surface area contributed by atoms with Gasteiger partial charge in [0.1, 0.15) is 0 Å². The highest BCUT2D eigenvalue weighted by Gasteiger charge is 2.35. The molecule has 0 radical (unpaired) electrons. The second-order valence-corrected chi connectivity index (χ2v) is 7.58. The second-order valence-electron chi connectivity index (χ2n) is 7.58. The maximum absolute atomic E-state index is 12.7. The normalized spacial score (nSPS) is 16.0. The topological polar surface area (TPSA) is 59.4 Å². The van der Waals surface area contributed by atoms with Crippen LogP contribution in [0.5, 0.6) is 0 Å². The van der Waals surface area contributed by atoms with E-state index in [-0.39, 0.29) is 24.1 Å². The average molecular weight is 372 g/mol. The number of aromatic nitrogens is 1. The maximum Gasteiger partial charge on any atom is 0.261 e. The van der Waals surface area contributed by atoms with Crippen LogP contribution in [-0.4, -0.2) is 33.6 Å². The molecule has 0 fully saturated rings. The molecule has 1 aromatic heterocycles. The molecule has 0 unspecified atom stereocenters. The molecule has 0 spiro atoms. The van der Waals surface area contributed by atoms with E-state index in [1.165, 1.54) is 4.90 Å². The van der Waals surface area contributed by atoms with Crippen molar-refractivity contribution in [3.8, 4) is 0 Å². The van der Waals surface area contributed by atoms with E-state index < -0.39 is 0 Å². The molecule has 0 saturated carbocycles. The number of hydrogen-bond acceptors (Lipinski definition) is 3. The number of rotatable bonds is 3. The van der Waals surface area contributed by atoms with E-state index in [0.717, 1.165) is 40.6 Å². The lowest BCUT2D eigenvalue weighted by Gasteiger charge is -2.18. The number of amides is 2. The number of fused-ring (bicyclic) bond motifs is 4. The van der Waals surface area contributed by atoms with Crippen molar-refractivity contribution in [3.05, 3.63) is 70.4 Å². The fraction of sp³-hybridized carbons (Fsp3) is 0.261. The lowest BCUT2D eigenvalue weighted by atomic mass is 9.94. The molecule has 140 valence electrons. The van der Waals surface area contributed by atoms with Crippen molar-refractivity contribution in [1.29, 1.82) is 0 Å². The number of carbonyl (C=O) groups is 3. The Hall–Kier alpha value is -3.21. The first kappa shape index (κ1) is 16.9. The van der Waals surface area contributed by atoms with E-state index in [1.54, 1.807) is 24.3 Å². The highest BCUT2D eigenvalue weighted by molar-refractivity contribution is 6.21. The van der Waals surface area contributed by atoms with Gasteiger partial charge in [0.05, 0.1) is 16.8 Å². The predicted molar refractivity (Wildman–Crippen MR) is 106 cm³/mol. The van der Waals surface area contributed by atoms with Crippen LogP contribution in [0.2, 0.25) is 0 Å². The first-order valence-electron chi connectivity index (χ1n) is 9.66. The van der Waals surface area contributed by atoms with Gasteiger partial charge in [-0.1, -0.05) is 23.8 Å². The number of benzene rings is 2. The quantitative estimate of drug-likeness (QED) is 0.658. The first-order valence-corrected chi connectivity index (χ1v) is 9.66. The van der Waals surface area contributed by atoms with Gasteiger partial charge in [0.2, 0.25) is 0 Å². The molecule has 1 aliphatic heterocycles. The van der Waals surface area contributed by atoms with Crippen molar-refractivity contribution >= 4 is 28.5 Å². The monoisotopic (exact) mass is 372 g/mol. The molecule has 0 saturated heterocycles. The fourth-order valence-electron chi connectivity index (χ4n) is 4.53. The minimum atomic E-state index is -0.256. The summed E-state index contributed by atoms with van der Waals surface area (Å²) in [6.45, 7) is 2.72. The zero-order valence-electron chi connectivity index (χ0n) is 15.7. The van der Waals surface area contributed by atoms with Crippen LogP contribution in [0, 0.1) is 6.92 Å². The van der Waals surface area contributed by atoms with Gasteiger partial charge in [-0.15, -0.1) is 0 Å². The van der Waals surface area contributed by atoms with Crippen molar-refractivity contribution in [2.24, 2.45) is 0 Å². The molecular weight excluding hydrogens is 352 g/mol. The van der Waals surface area contributed by atoms with Crippen LogP contribution < -0.4 is 0 Å². The van der Waals surface area contributed by atoms with Gasteiger partial charge in [-0.2, -0.15) is 0 Å². The molecule has 0 bridgehead atoms. The Balaban J connectivity index is 1.53. The Bertz CT molecular complexity index is 1140. The third kappa shape index (κ3) is 2.35. The fourth-order valence-corrected chi connectivity index (χ4v) is 4.53. The van der Waals surface area contributed by atoms with Gasteiger partial charge in [-0.3, -0.25) is 19.3 Å². The summed E-state index contributed by atoms with van der Waals surface area (Å²) < 4.78 is 2.01. The van der Waals surface area contributed by atoms with E-state index >= 15 is 0 Å². The molecule has 1 aliphatic carbocycles. The Morgan fingerprint density at radius 1 is 0.893 bits per heavy atom. The molecule has 2 aromatic carbocycles. The Labute approximate surface area is 162 Å². The lowest BCUT2D eigenvalue weighted by Crippen LogP contribution is -2.33. The van der Waals surface area contributed by atoms with Crippen molar-refractivity contribution in [1.82, 2.24) is 9.47 Å². The first-order chi connectivity index (χ1) is 13.6. The molecule has 28 heavy (non-hydrogen) atoms. The molecule has 5 heteroatoms. The number of nitrogens with zero attached hydrogens (tertiary/aromatic N) is 2. The van der Waals surface area contributed by atoms with E-state index in [4.69, 9.17) is 0 Å². The maximum atomic E-state index is 12.7. The van der Waals surface area contributed by atoms with Crippen LogP contribution in [0.25, 0.3) is 10.9 Å². The van der Waals surface area contributed by atoms with E-state index in [2.05, 4.69) is 6.07 Å². The zero-order chi connectivity index (χ0) is 19.4. The second kappa shape index (κ2) is 6.16. The summed E-state index contributed by atoms with van der Waals surface area (Å²) in [6, 6.07) is 13.1. The molecule has 0 atom stereocenters. The summed E-state index contributed by atoms with van der Waals surface area (Å²) in [5.41, 5.74) is 4.94. The molecule has 2 amide bonds. The van der Waals surface area contributed by atoms with Crippen molar-refractivity contribution in [2.45, 2.75) is 32.7 Å². The van der Waals surface area contributed by atoms with Gasteiger partial charge in [0, 0.05) is 30.4 Å². The van der Waals surface area contributed by atoms with Crippen LogP contribution in [0.4, 0.5) is 0 Å². The largest absolute Gasteiger partial charge is 0.336 e. The van der Waals surface area contributed by atoms with Gasteiger partial charge in [0.25, 0.3) is 11.8 Å². The van der Waals surface area contributed by atoms with Crippen LogP contribution in [0.3, 0.4) is 0 Å². The molecule has 5 rings (SSSR count). The molecule has 0 N–H and O–H groups in total. The van der Waals surface area contributed by atoms with Crippen molar-refractivity contribution < 1.29 is 14.4 Å². The van der Waals surface area contributed by atoms with Crippen molar-refractivity contribution in [3.63, 3.8) is 0 Å². The standard InChI is InChI=1S/C23H20N2O3/c1-14-9-10-19-18(13-14)15-7-4-8-20(26)21(15)24(19)11-12-25-22(27)16-5-2-3-6-17(16)23(25)28/h2-3,5-6,9-10,13H,4,7-8,11-12H2,1H3. The van der Waals surface area contributed by atoms with Crippen LogP contribution in [-0.2, 0) is 13.0 Å². The van der Waals surface area contributed by atoms with Gasteiger partial charge in [-0.05, 0) is 49.6 Å². The highest BCUT2D eigenvalue weighted by Crippen LogP contribution is 2.33. The molecule has 5 nitrogen and oxygen atoms in total. The molecule has 2 heterocycles. The highest BCUT2D eigenvalue weighted by atomic mass is 16.2. The summed E-state index contributed by atoms with van der Waals surface area (Å²) in [6.07, 6.45) is 2.31. The number of ketones is 1. The third-order valence-electron chi connectivity index (χ3n) is 5.84. The third-order valence-corrected chi connectivity index (χ3v) is 5.84. The minimum Gasteiger partial charge on any atom is -0.336 e. The number of hydrogen-bond donors (Lipinski definition) is 0. The zero-order valence-corrected chi connectivity index (χ0v) is 15.7. The number of imide groups is 1. The lowest BCUT2D eigenvalue weighted by molar-refractivity contribution is 0.0649. The summed E-state index contributed by atoms with van der Waals surface area (Å²) in [7, 11) is 0. The van der Waals surface area contributed by atoms with E-state index in [9.17, 15) is 14.4 Å². The van der Waals surface area contributed by atoms with Gasteiger partial charge < -0.3 is 4.57 Å². The minimum absolute atomic E-state index is 0.150. The van der Waals surface area contributed by atoms with Gasteiger partial charge >= 0.3 is 0 Å². The average Bonchev–Trinajstić information content (AvgIpc) is 3.14. The molecule has 2 aliphatic rings. The van der Waals surface area contributed by atoms with Crippen molar-refractivity contribution in [2.75, 3.05) is 6.54 Å². The SMILES string of the molecule is Cc1ccc2c(c1)c1c(n2CCN2C(=O)c3ccccc3C2=O)C(=O)CCC1. The molecule has 3 aromatic rings. The summed E-state index contributed by atoms with van der Waals surface area (Å²) >= 11 is 0. The summed E-state index contributed by atoms with van der Waals surface area (Å²) in [4.78, 5) is 39.3. The number of carbonyl (C=O) groups excluding carboxylic acids is 3. The molecular formula is C23H20N2O3. The predicted octanol–water partition coefficient (Wildman–Crippen LogP) is 3.76. The van der Waals surface area contributed by atoms with E-state index in [1.807, 2.05) is 23.6 Å². The van der Waals surface area contributed by atoms with Gasteiger partial charge in [0.15, 0.2) is 5.78 Å². The Kier molecular flexibility index (Phi) is 3.72.